The van der Waals surface area contributed by atoms with Crippen LogP contribution in [0.4, 0.5) is 37.7 Å². The van der Waals surface area contributed by atoms with Crippen LogP contribution in [0.25, 0.3) is 21.9 Å². The number of pyridine rings is 1. The Morgan fingerprint density at radius 1 is 1.05 bits per heavy atom. The quantitative estimate of drug-likeness (QED) is 0.146. The van der Waals surface area contributed by atoms with Crippen molar-refractivity contribution in [2.45, 2.75) is 88.1 Å². The third-order valence-corrected chi connectivity index (χ3v) is 12.4. The average molecular weight is 842 g/mol. The number of benzene rings is 2. The number of carbonyl (C=O) groups excluding carboxylic acids is 2. The highest BCUT2D eigenvalue weighted by atomic mass is 19.4. The van der Waals surface area contributed by atoms with Gasteiger partial charge in [0, 0.05) is 49.7 Å². The number of hydrogen-bond donors (Lipinski definition) is 3. The second-order valence-corrected chi connectivity index (χ2v) is 16.2. The van der Waals surface area contributed by atoms with Gasteiger partial charge in [0.25, 0.3) is 12.3 Å². The zero-order chi connectivity index (χ0) is 42.6. The van der Waals surface area contributed by atoms with Gasteiger partial charge in [-0.15, -0.1) is 0 Å². The van der Waals surface area contributed by atoms with E-state index >= 15 is 4.39 Å². The molecule has 1 saturated carbocycles. The van der Waals surface area contributed by atoms with Gasteiger partial charge >= 0.3 is 11.9 Å². The van der Waals surface area contributed by atoms with Crippen LogP contribution >= 0.6 is 0 Å². The van der Waals surface area contributed by atoms with Gasteiger partial charge in [-0.2, -0.15) is 18.3 Å². The van der Waals surface area contributed by atoms with E-state index in [1.165, 1.54) is 21.3 Å². The molecule has 13 nitrogen and oxygen atoms in total. The third-order valence-electron chi connectivity index (χ3n) is 12.4. The Morgan fingerprint density at radius 2 is 1.80 bits per heavy atom. The lowest BCUT2D eigenvalue weighted by molar-refractivity contribution is -0.141. The van der Waals surface area contributed by atoms with Gasteiger partial charge in [0.05, 0.1) is 46.6 Å². The molecular formula is C41H45F6N9O4. The number of alkyl halides is 6. The molecule has 8 rings (SSSR count). The van der Waals surface area contributed by atoms with Crippen LogP contribution in [0.15, 0.2) is 59.5 Å². The summed E-state index contributed by atoms with van der Waals surface area (Å²) in [5, 5.41) is 20.5. The summed E-state index contributed by atoms with van der Waals surface area (Å²) < 4.78 is 88.7. The van der Waals surface area contributed by atoms with E-state index < -0.39 is 53.9 Å². The number of carbonyl (C=O) groups is 2. The van der Waals surface area contributed by atoms with Crippen LogP contribution in [0.2, 0.25) is 0 Å². The maximum Gasteiger partial charge on any atom is 0.433 e. The molecule has 0 radical (unpaired) electrons. The number of nitrogens with zero attached hydrogens (tertiary/aromatic N) is 7. The molecule has 19 heteroatoms. The second-order valence-electron chi connectivity index (χ2n) is 16.2. The highest BCUT2D eigenvalue weighted by Crippen LogP contribution is 2.38. The molecule has 3 fully saturated rings. The molecule has 3 N–H and O–H groups in total. The van der Waals surface area contributed by atoms with Crippen LogP contribution in [0, 0.1) is 5.92 Å². The first-order valence-electron chi connectivity index (χ1n) is 20.0. The predicted octanol–water partition coefficient (Wildman–Crippen LogP) is 6.34. The summed E-state index contributed by atoms with van der Waals surface area (Å²) in [6.45, 7) is 1.39. The molecule has 60 heavy (non-hydrogen) atoms. The first-order valence-corrected chi connectivity index (χ1v) is 20.0. The van der Waals surface area contributed by atoms with Crippen LogP contribution < -0.4 is 21.2 Å². The fourth-order valence-corrected chi connectivity index (χ4v) is 9.26. The molecule has 4 atom stereocenters. The molecule has 1 aliphatic carbocycles. The lowest BCUT2D eigenvalue weighted by atomic mass is 9.85. The van der Waals surface area contributed by atoms with Gasteiger partial charge < -0.3 is 25.5 Å². The van der Waals surface area contributed by atoms with Crippen LogP contribution in [0.5, 0.6) is 0 Å². The Bertz CT molecular complexity index is 2480. The van der Waals surface area contributed by atoms with Crippen molar-refractivity contribution >= 4 is 45.1 Å². The summed E-state index contributed by atoms with van der Waals surface area (Å²) in [5.41, 5.74) is -0.680. The molecule has 2 aliphatic heterocycles. The van der Waals surface area contributed by atoms with Crippen molar-refractivity contribution in [2.75, 3.05) is 36.9 Å². The number of aliphatic hydroxyl groups is 1. The summed E-state index contributed by atoms with van der Waals surface area (Å²) in [5.74, 6) is -1.04. The lowest BCUT2D eigenvalue weighted by Crippen LogP contribution is -2.52. The molecule has 5 heterocycles. The van der Waals surface area contributed by atoms with Gasteiger partial charge in [-0.05, 0) is 87.9 Å². The number of imidazole rings is 1. The Morgan fingerprint density at radius 3 is 2.50 bits per heavy atom. The number of fused-ring (bicyclic) bond motifs is 2. The number of hydrogen-bond acceptors (Lipinski definition) is 8. The number of amides is 2. The summed E-state index contributed by atoms with van der Waals surface area (Å²) in [6.07, 6.45) is -4.21. The van der Waals surface area contributed by atoms with Crippen molar-refractivity contribution in [1.82, 2.24) is 34.1 Å². The Hall–Kier alpha value is -5.43. The normalized spacial score (nSPS) is 24.1. The van der Waals surface area contributed by atoms with Gasteiger partial charge in [-0.1, -0.05) is 12.1 Å². The number of piperidine rings is 2. The molecule has 3 aromatic heterocycles. The minimum absolute atomic E-state index is 0.0212. The van der Waals surface area contributed by atoms with E-state index in [4.69, 9.17) is 0 Å². The Kier molecular flexibility index (Phi) is 11.2. The van der Waals surface area contributed by atoms with Crippen molar-refractivity contribution in [1.29, 1.82) is 0 Å². The van der Waals surface area contributed by atoms with Crippen LogP contribution in [0.1, 0.15) is 85.2 Å². The number of aryl methyl sites for hydroxylation is 1. The van der Waals surface area contributed by atoms with E-state index in [2.05, 4.69) is 25.6 Å². The van der Waals surface area contributed by atoms with Crippen molar-refractivity contribution in [3.63, 3.8) is 0 Å². The first-order chi connectivity index (χ1) is 28.6. The number of aromatic nitrogens is 5. The Labute approximate surface area is 339 Å². The second kappa shape index (κ2) is 16.2. The Balaban J connectivity index is 0.889. The maximum atomic E-state index is 16.1. The highest BCUT2D eigenvalue weighted by Gasteiger charge is 2.37. The standard InChI is InChI=1S/C41H45F6N9O4/c1-52(30-15-16-54(21-26(30)42)31-6-4-7-32-36(31)53(2)40(60)56(32)33-13-14-35(57)50-39(33)59)19-22-9-11-24(12-10-22)55-20-23-17-29(25(37(43)44)18-28(23)51-55)49-38(58)27-5-3-8-34(48-27)41(45,46)47/h3-8,17-18,20,22,24,26,30,33,37,39,59H,9-16,19,21H2,1-2H3,(H,49,58)(H,50,57). The molecule has 2 aromatic carbocycles. The molecule has 3 aliphatic rings. The van der Waals surface area contributed by atoms with Gasteiger partial charge in [0.2, 0.25) is 5.91 Å². The fourth-order valence-electron chi connectivity index (χ4n) is 9.26. The van der Waals surface area contributed by atoms with E-state index in [0.717, 1.165) is 43.5 Å². The number of halogens is 6. The number of aliphatic hydroxyl groups excluding tert-OH is 1. The number of para-hydroxylation sites is 1. The van der Waals surface area contributed by atoms with Crippen molar-refractivity contribution in [3.8, 4) is 0 Å². The fraction of sp³-hybridized carbons (Fsp3) is 0.488. The molecule has 320 valence electrons. The van der Waals surface area contributed by atoms with Crippen molar-refractivity contribution in [3.05, 3.63) is 82.2 Å². The summed E-state index contributed by atoms with van der Waals surface area (Å²) in [4.78, 5) is 45.5. The molecule has 0 bridgehead atoms. The topological polar surface area (TPSA) is 143 Å². The largest absolute Gasteiger partial charge is 0.433 e. The maximum absolute atomic E-state index is 16.1. The third kappa shape index (κ3) is 7.96. The summed E-state index contributed by atoms with van der Waals surface area (Å²) in [6, 6.07) is 9.85. The highest BCUT2D eigenvalue weighted by molar-refractivity contribution is 6.04. The van der Waals surface area contributed by atoms with Crippen molar-refractivity contribution < 1.29 is 41.0 Å². The smallest absolute Gasteiger partial charge is 0.372 e. The molecule has 2 amide bonds. The zero-order valence-corrected chi connectivity index (χ0v) is 32.9. The SMILES string of the molecule is CN(CC1CCC(n2cc3cc(NC(=O)c4cccc(C(F)(F)F)n4)c(C(F)F)cc3n2)CC1)C1CCN(c2cccc3c2n(C)c(=O)n3C2CCC(=O)NC2O)CC1F. The lowest BCUT2D eigenvalue weighted by Gasteiger charge is -2.42. The molecule has 0 spiro atoms. The number of anilines is 2. The molecular weight excluding hydrogens is 796 g/mol. The van der Waals surface area contributed by atoms with Crippen LogP contribution in [0.3, 0.4) is 0 Å². The monoisotopic (exact) mass is 841 g/mol. The van der Waals surface area contributed by atoms with E-state index in [-0.39, 0.29) is 47.9 Å². The van der Waals surface area contributed by atoms with E-state index in [1.54, 1.807) is 24.0 Å². The minimum Gasteiger partial charge on any atom is -0.372 e. The molecule has 5 aromatic rings. The number of rotatable bonds is 9. The van der Waals surface area contributed by atoms with E-state index in [0.29, 0.717) is 54.3 Å². The van der Waals surface area contributed by atoms with Gasteiger partial charge in [-0.3, -0.25) is 23.4 Å². The summed E-state index contributed by atoms with van der Waals surface area (Å²) >= 11 is 0. The molecule has 4 unspecified atom stereocenters. The van der Waals surface area contributed by atoms with Gasteiger partial charge in [-0.25, -0.2) is 22.9 Å². The van der Waals surface area contributed by atoms with E-state index in [9.17, 15) is 41.4 Å². The van der Waals surface area contributed by atoms with Gasteiger partial charge in [0.15, 0.2) is 0 Å². The first kappa shape index (κ1) is 41.3. The van der Waals surface area contributed by atoms with Crippen LogP contribution in [-0.4, -0.2) is 90.8 Å². The van der Waals surface area contributed by atoms with Crippen LogP contribution in [-0.2, 0) is 18.0 Å². The van der Waals surface area contributed by atoms with E-state index in [1.807, 2.05) is 24.1 Å². The minimum atomic E-state index is -4.79. The molecule has 2 saturated heterocycles. The average Bonchev–Trinajstić information content (AvgIpc) is 3.74. The van der Waals surface area contributed by atoms with Crippen molar-refractivity contribution in [2.24, 2.45) is 13.0 Å². The number of nitrogens with one attached hydrogen (secondary N) is 2. The van der Waals surface area contributed by atoms with Gasteiger partial charge in [0.1, 0.15) is 23.8 Å². The summed E-state index contributed by atoms with van der Waals surface area (Å²) in [7, 11) is 3.60. The zero-order valence-electron chi connectivity index (χ0n) is 32.9. The predicted molar refractivity (Wildman–Crippen MR) is 211 cm³/mol.